The molecule has 0 aromatic carbocycles. The number of hydrogen-bond donors (Lipinski definition) is 1. The Morgan fingerprint density at radius 3 is 2.43 bits per heavy atom. The molecule has 0 amide bonds. The summed E-state index contributed by atoms with van der Waals surface area (Å²) < 4.78 is 5.69. The summed E-state index contributed by atoms with van der Waals surface area (Å²) in [5, 5.41) is 3.31. The zero-order valence-corrected chi connectivity index (χ0v) is 10.3. The summed E-state index contributed by atoms with van der Waals surface area (Å²) in [4.78, 5) is 0. The second kappa shape index (κ2) is 9.47. The first kappa shape index (κ1) is 13.9. The maximum absolute atomic E-state index is 5.69. The second-order valence-corrected chi connectivity index (χ2v) is 4.01. The van der Waals surface area contributed by atoms with Gasteiger partial charge < -0.3 is 10.1 Å². The molecule has 2 unspecified atom stereocenters. The quantitative estimate of drug-likeness (QED) is 0.579. The van der Waals surface area contributed by atoms with Crippen molar-refractivity contribution in [1.82, 2.24) is 5.32 Å². The van der Waals surface area contributed by atoms with Gasteiger partial charge in [0.2, 0.25) is 0 Å². The van der Waals surface area contributed by atoms with Crippen molar-refractivity contribution in [2.45, 2.75) is 65.0 Å². The Morgan fingerprint density at radius 2 is 1.93 bits per heavy atom. The normalized spacial score (nSPS) is 15.4. The highest BCUT2D eigenvalue weighted by Gasteiger charge is 2.03. The van der Waals surface area contributed by atoms with E-state index in [-0.39, 0.29) is 0 Å². The molecule has 0 aromatic rings. The molecule has 0 rings (SSSR count). The first-order valence-electron chi connectivity index (χ1n) is 6.03. The highest BCUT2D eigenvalue weighted by molar-refractivity contribution is 4.61. The number of rotatable bonds is 9. The van der Waals surface area contributed by atoms with Gasteiger partial charge in [-0.2, -0.15) is 0 Å². The molecule has 2 atom stereocenters. The van der Waals surface area contributed by atoms with E-state index in [1.54, 1.807) is 0 Å². The summed E-state index contributed by atoms with van der Waals surface area (Å²) in [6, 6.07) is 0.667. The van der Waals surface area contributed by atoms with Gasteiger partial charge in [-0.05, 0) is 39.7 Å². The van der Waals surface area contributed by atoms with E-state index in [2.05, 4.69) is 26.1 Å². The van der Waals surface area contributed by atoms with Gasteiger partial charge in [-0.15, -0.1) is 0 Å². The van der Waals surface area contributed by atoms with Crippen molar-refractivity contribution in [1.29, 1.82) is 0 Å². The predicted molar refractivity (Wildman–Crippen MR) is 62.7 cm³/mol. The zero-order chi connectivity index (χ0) is 10.8. The van der Waals surface area contributed by atoms with Crippen molar-refractivity contribution in [3.05, 3.63) is 0 Å². The van der Waals surface area contributed by atoms with Crippen LogP contribution in [-0.2, 0) is 4.74 Å². The van der Waals surface area contributed by atoms with E-state index in [1.165, 1.54) is 32.1 Å². The lowest BCUT2D eigenvalue weighted by molar-refractivity contribution is 0.0561. The monoisotopic (exact) mass is 201 g/mol. The van der Waals surface area contributed by atoms with Gasteiger partial charge in [0.1, 0.15) is 0 Å². The van der Waals surface area contributed by atoms with Crippen LogP contribution in [0.1, 0.15) is 52.9 Å². The molecule has 0 spiro atoms. The molecule has 0 aliphatic carbocycles. The van der Waals surface area contributed by atoms with Gasteiger partial charge in [0, 0.05) is 12.6 Å². The first-order valence-corrected chi connectivity index (χ1v) is 6.03. The average Bonchev–Trinajstić information content (AvgIpc) is 2.19. The van der Waals surface area contributed by atoms with Crippen LogP contribution in [0.3, 0.4) is 0 Å². The molecular formula is C12H27NO. The van der Waals surface area contributed by atoms with Crippen LogP contribution in [0.5, 0.6) is 0 Å². The van der Waals surface area contributed by atoms with Crippen molar-refractivity contribution in [3.8, 4) is 0 Å². The van der Waals surface area contributed by atoms with Crippen LogP contribution >= 0.6 is 0 Å². The SMILES string of the molecule is CCCC(C)OCCCC(CC)NC. The fraction of sp³-hybridized carbons (Fsp3) is 1.00. The summed E-state index contributed by atoms with van der Waals surface area (Å²) in [6.07, 6.45) is 6.45. The molecule has 2 heteroatoms. The van der Waals surface area contributed by atoms with E-state index < -0.39 is 0 Å². The fourth-order valence-electron chi connectivity index (χ4n) is 1.66. The maximum atomic E-state index is 5.69. The molecular weight excluding hydrogens is 174 g/mol. The van der Waals surface area contributed by atoms with Crippen LogP contribution in [0.15, 0.2) is 0 Å². The largest absolute Gasteiger partial charge is 0.379 e. The molecule has 0 radical (unpaired) electrons. The average molecular weight is 201 g/mol. The van der Waals surface area contributed by atoms with Crippen molar-refractivity contribution < 1.29 is 4.74 Å². The van der Waals surface area contributed by atoms with Crippen LogP contribution in [0.2, 0.25) is 0 Å². The number of ether oxygens (including phenoxy) is 1. The van der Waals surface area contributed by atoms with Gasteiger partial charge in [0.05, 0.1) is 6.10 Å². The van der Waals surface area contributed by atoms with E-state index in [0.29, 0.717) is 12.1 Å². The molecule has 0 fully saturated rings. The summed E-state index contributed by atoms with van der Waals surface area (Å²) in [5.74, 6) is 0. The predicted octanol–water partition coefficient (Wildman–Crippen LogP) is 2.97. The van der Waals surface area contributed by atoms with Gasteiger partial charge in [-0.1, -0.05) is 20.3 Å². The lowest BCUT2D eigenvalue weighted by atomic mass is 10.1. The molecule has 0 bridgehead atoms. The third kappa shape index (κ3) is 7.34. The molecule has 86 valence electrons. The Labute approximate surface area is 89.4 Å². The van der Waals surface area contributed by atoms with Crippen molar-refractivity contribution in [2.24, 2.45) is 0 Å². The molecule has 0 saturated carbocycles. The third-order valence-corrected chi connectivity index (χ3v) is 2.70. The lowest BCUT2D eigenvalue weighted by Crippen LogP contribution is -2.24. The third-order valence-electron chi connectivity index (χ3n) is 2.70. The van der Waals surface area contributed by atoms with E-state index in [1.807, 2.05) is 7.05 Å². The molecule has 2 nitrogen and oxygen atoms in total. The van der Waals surface area contributed by atoms with E-state index in [4.69, 9.17) is 4.74 Å². The van der Waals surface area contributed by atoms with Crippen LogP contribution in [0.25, 0.3) is 0 Å². The van der Waals surface area contributed by atoms with Gasteiger partial charge in [-0.25, -0.2) is 0 Å². The van der Waals surface area contributed by atoms with Gasteiger partial charge in [-0.3, -0.25) is 0 Å². The zero-order valence-electron chi connectivity index (χ0n) is 10.3. The molecule has 1 N–H and O–H groups in total. The van der Waals surface area contributed by atoms with Crippen LogP contribution in [0.4, 0.5) is 0 Å². The summed E-state index contributed by atoms with van der Waals surface area (Å²) in [7, 11) is 2.04. The van der Waals surface area contributed by atoms with Crippen molar-refractivity contribution in [2.75, 3.05) is 13.7 Å². The summed E-state index contributed by atoms with van der Waals surface area (Å²) >= 11 is 0. The molecule has 0 aliphatic heterocycles. The lowest BCUT2D eigenvalue weighted by Gasteiger charge is -2.15. The van der Waals surface area contributed by atoms with Gasteiger partial charge in [0.25, 0.3) is 0 Å². The first-order chi connectivity index (χ1) is 6.74. The highest BCUT2D eigenvalue weighted by atomic mass is 16.5. The van der Waals surface area contributed by atoms with Crippen molar-refractivity contribution >= 4 is 0 Å². The fourth-order valence-corrected chi connectivity index (χ4v) is 1.66. The number of nitrogens with one attached hydrogen (secondary N) is 1. The van der Waals surface area contributed by atoms with Crippen LogP contribution in [-0.4, -0.2) is 25.8 Å². The minimum Gasteiger partial charge on any atom is -0.379 e. The van der Waals surface area contributed by atoms with E-state index in [0.717, 1.165) is 6.61 Å². The molecule has 0 aromatic heterocycles. The Bertz CT molecular complexity index is 113. The Morgan fingerprint density at radius 1 is 1.21 bits per heavy atom. The van der Waals surface area contributed by atoms with Crippen molar-refractivity contribution in [3.63, 3.8) is 0 Å². The molecule has 0 saturated heterocycles. The Hall–Kier alpha value is -0.0800. The van der Waals surface area contributed by atoms with Gasteiger partial charge >= 0.3 is 0 Å². The highest BCUT2D eigenvalue weighted by Crippen LogP contribution is 2.05. The smallest absolute Gasteiger partial charge is 0.0546 e. The molecule has 0 heterocycles. The van der Waals surface area contributed by atoms with E-state index in [9.17, 15) is 0 Å². The van der Waals surface area contributed by atoms with E-state index >= 15 is 0 Å². The standard InChI is InChI=1S/C12H27NO/c1-5-8-11(3)14-10-7-9-12(6-2)13-4/h11-13H,5-10H2,1-4H3. The minimum atomic E-state index is 0.440. The Balaban J connectivity index is 3.27. The molecule has 0 aliphatic rings. The summed E-state index contributed by atoms with van der Waals surface area (Å²) in [6.45, 7) is 7.51. The topological polar surface area (TPSA) is 21.3 Å². The van der Waals surface area contributed by atoms with Crippen LogP contribution < -0.4 is 5.32 Å². The van der Waals surface area contributed by atoms with Gasteiger partial charge in [0.15, 0.2) is 0 Å². The molecule has 14 heavy (non-hydrogen) atoms. The second-order valence-electron chi connectivity index (χ2n) is 4.01. The number of hydrogen-bond acceptors (Lipinski definition) is 2. The maximum Gasteiger partial charge on any atom is 0.0546 e. The Kier molecular flexibility index (Phi) is 9.42. The van der Waals surface area contributed by atoms with Crippen LogP contribution in [0, 0.1) is 0 Å². The minimum absolute atomic E-state index is 0.440. The summed E-state index contributed by atoms with van der Waals surface area (Å²) in [5.41, 5.74) is 0.